The van der Waals surface area contributed by atoms with Crippen molar-refractivity contribution in [2.45, 2.75) is 31.5 Å². The molecule has 1 aliphatic heterocycles. The van der Waals surface area contributed by atoms with Crippen molar-refractivity contribution in [2.24, 2.45) is 5.92 Å². The normalized spacial score (nSPS) is 16.4. The van der Waals surface area contributed by atoms with Crippen LogP contribution in [-0.4, -0.2) is 53.8 Å². The lowest BCUT2D eigenvalue weighted by Gasteiger charge is -2.39. The first-order chi connectivity index (χ1) is 9.67. The Kier molecular flexibility index (Phi) is 4.18. The zero-order valence-electron chi connectivity index (χ0n) is 12.3. The van der Waals surface area contributed by atoms with Crippen molar-refractivity contribution in [3.8, 4) is 0 Å². The number of amides is 1. The highest BCUT2D eigenvalue weighted by Gasteiger charge is 2.37. The number of hydrogen-bond acceptors (Lipinski definition) is 6. The van der Waals surface area contributed by atoms with Gasteiger partial charge >= 0.3 is 6.09 Å². The summed E-state index contributed by atoms with van der Waals surface area (Å²) in [4.78, 5) is 20.8. The largest absolute Gasteiger partial charge is 0.444 e. The topological polar surface area (TPSA) is 89.5 Å². The average Bonchev–Trinajstić information content (AvgIpc) is 2.32. The van der Waals surface area contributed by atoms with Crippen molar-refractivity contribution in [3.63, 3.8) is 0 Å². The van der Waals surface area contributed by atoms with Crippen molar-refractivity contribution in [1.82, 2.24) is 14.9 Å². The SMILES string of the molecule is CC(C)(C)OC(=O)N1CC(CS(=O)(=O)c2ncccn2)C1. The molecular formula is C13H19N3O4S. The number of likely N-dealkylation sites (tertiary alicyclic amines) is 1. The van der Waals surface area contributed by atoms with Crippen LogP contribution in [0.3, 0.4) is 0 Å². The molecule has 1 fully saturated rings. The number of aromatic nitrogens is 2. The molecule has 2 heterocycles. The molecule has 7 nitrogen and oxygen atoms in total. The first-order valence-corrected chi connectivity index (χ1v) is 8.30. The fraction of sp³-hybridized carbons (Fsp3) is 0.615. The molecule has 0 aliphatic carbocycles. The third-order valence-corrected chi connectivity index (χ3v) is 4.56. The molecule has 0 spiro atoms. The molecule has 1 amide bonds. The monoisotopic (exact) mass is 313 g/mol. The van der Waals surface area contributed by atoms with E-state index in [-0.39, 0.29) is 16.8 Å². The van der Waals surface area contributed by atoms with Crippen LogP contribution in [0.15, 0.2) is 23.6 Å². The lowest BCUT2D eigenvalue weighted by Crippen LogP contribution is -2.53. The Morgan fingerprint density at radius 2 is 1.90 bits per heavy atom. The van der Waals surface area contributed by atoms with Crippen LogP contribution < -0.4 is 0 Å². The van der Waals surface area contributed by atoms with Crippen molar-refractivity contribution in [2.75, 3.05) is 18.8 Å². The van der Waals surface area contributed by atoms with E-state index >= 15 is 0 Å². The quantitative estimate of drug-likeness (QED) is 0.777. The smallest absolute Gasteiger partial charge is 0.410 e. The second kappa shape index (κ2) is 5.59. The highest BCUT2D eigenvalue weighted by atomic mass is 32.2. The molecule has 1 aliphatic rings. The van der Waals surface area contributed by atoms with Crippen molar-refractivity contribution < 1.29 is 17.9 Å². The van der Waals surface area contributed by atoms with Crippen LogP contribution >= 0.6 is 0 Å². The third-order valence-electron chi connectivity index (χ3n) is 2.88. The zero-order chi connectivity index (χ0) is 15.7. The number of carbonyl (C=O) groups is 1. The zero-order valence-corrected chi connectivity index (χ0v) is 13.1. The Hall–Kier alpha value is -1.70. The second-order valence-electron chi connectivity index (χ2n) is 6.06. The summed E-state index contributed by atoms with van der Waals surface area (Å²) in [6.07, 6.45) is 2.38. The van der Waals surface area contributed by atoms with Crippen LogP contribution in [0.25, 0.3) is 0 Å². The summed E-state index contributed by atoms with van der Waals surface area (Å²) in [5.74, 6) is -0.164. The Labute approximate surface area is 124 Å². The first-order valence-electron chi connectivity index (χ1n) is 6.65. The Balaban J connectivity index is 1.87. The molecule has 2 rings (SSSR count). The van der Waals surface area contributed by atoms with Gasteiger partial charge in [-0.3, -0.25) is 0 Å². The standard InChI is InChI=1S/C13H19N3O4S/c1-13(2,3)20-12(17)16-7-10(8-16)9-21(18,19)11-14-5-4-6-15-11/h4-6,10H,7-9H2,1-3H3. The Bertz CT molecular complexity index is 604. The summed E-state index contributed by atoms with van der Waals surface area (Å²) in [7, 11) is -3.51. The van der Waals surface area contributed by atoms with Crippen molar-refractivity contribution in [3.05, 3.63) is 18.5 Å². The molecule has 0 saturated carbocycles. The third kappa shape index (κ3) is 4.13. The molecule has 1 aromatic rings. The van der Waals surface area contributed by atoms with E-state index < -0.39 is 21.5 Å². The van der Waals surface area contributed by atoms with Gasteiger partial charge in [-0.2, -0.15) is 0 Å². The van der Waals surface area contributed by atoms with Crippen LogP contribution in [0.1, 0.15) is 20.8 Å². The molecule has 0 aromatic carbocycles. The minimum atomic E-state index is -3.51. The van der Waals surface area contributed by atoms with Crippen LogP contribution in [0, 0.1) is 5.92 Å². The summed E-state index contributed by atoms with van der Waals surface area (Å²) >= 11 is 0. The molecule has 116 valence electrons. The number of hydrogen-bond donors (Lipinski definition) is 0. The fourth-order valence-corrected chi connectivity index (χ4v) is 3.41. The summed E-state index contributed by atoms with van der Waals surface area (Å²) in [6.45, 7) is 6.13. The number of nitrogens with zero attached hydrogens (tertiary/aromatic N) is 3. The minimum absolute atomic E-state index is 0.0592. The summed E-state index contributed by atoms with van der Waals surface area (Å²) < 4.78 is 29.4. The number of ether oxygens (including phenoxy) is 1. The average molecular weight is 313 g/mol. The molecule has 0 atom stereocenters. The van der Waals surface area contributed by atoms with Gasteiger partial charge in [-0.05, 0) is 26.8 Å². The van der Waals surface area contributed by atoms with Crippen LogP contribution in [0.2, 0.25) is 0 Å². The molecule has 0 unspecified atom stereocenters. The van der Waals surface area contributed by atoms with Gasteiger partial charge in [0.15, 0.2) is 0 Å². The van der Waals surface area contributed by atoms with Crippen LogP contribution in [-0.2, 0) is 14.6 Å². The molecule has 0 bridgehead atoms. The van der Waals surface area contributed by atoms with E-state index in [4.69, 9.17) is 4.74 Å². The van der Waals surface area contributed by atoms with E-state index in [9.17, 15) is 13.2 Å². The molecular weight excluding hydrogens is 294 g/mol. The summed E-state index contributed by atoms with van der Waals surface area (Å²) in [6, 6.07) is 1.56. The maximum atomic E-state index is 12.1. The Morgan fingerprint density at radius 3 is 2.43 bits per heavy atom. The second-order valence-corrected chi connectivity index (χ2v) is 7.99. The maximum Gasteiger partial charge on any atom is 0.410 e. The highest BCUT2D eigenvalue weighted by molar-refractivity contribution is 7.91. The van der Waals surface area contributed by atoms with E-state index in [2.05, 4.69) is 9.97 Å². The van der Waals surface area contributed by atoms with Gasteiger partial charge in [-0.15, -0.1) is 0 Å². The number of rotatable bonds is 3. The first kappa shape index (κ1) is 15.7. The van der Waals surface area contributed by atoms with Crippen LogP contribution in [0.5, 0.6) is 0 Å². The van der Waals surface area contributed by atoms with Crippen molar-refractivity contribution in [1.29, 1.82) is 0 Å². The van der Waals surface area contributed by atoms with E-state index in [1.807, 2.05) is 0 Å². The molecule has 21 heavy (non-hydrogen) atoms. The molecule has 0 N–H and O–H groups in total. The summed E-state index contributed by atoms with van der Waals surface area (Å²) in [5, 5.41) is -0.166. The van der Waals surface area contributed by atoms with Gasteiger partial charge in [0.1, 0.15) is 5.60 Å². The van der Waals surface area contributed by atoms with E-state index in [0.717, 1.165) is 0 Å². The minimum Gasteiger partial charge on any atom is -0.444 e. The number of carbonyl (C=O) groups excluding carboxylic acids is 1. The predicted molar refractivity (Wildman–Crippen MR) is 75.4 cm³/mol. The number of sulfone groups is 1. The molecule has 8 heteroatoms. The van der Waals surface area contributed by atoms with Gasteiger partial charge < -0.3 is 9.64 Å². The van der Waals surface area contributed by atoms with E-state index in [0.29, 0.717) is 13.1 Å². The van der Waals surface area contributed by atoms with E-state index in [1.54, 1.807) is 26.8 Å². The predicted octanol–water partition coefficient (Wildman–Crippen LogP) is 1.12. The molecule has 1 aromatic heterocycles. The van der Waals surface area contributed by atoms with Gasteiger partial charge in [0, 0.05) is 31.4 Å². The van der Waals surface area contributed by atoms with Crippen LogP contribution in [0.4, 0.5) is 4.79 Å². The van der Waals surface area contributed by atoms with Gasteiger partial charge in [0.25, 0.3) is 0 Å². The lowest BCUT2D eigenvalue weighted by molar-refractivity contribution is 0.00190. The maximum absolute atomic E-state index is 12.1. The fourth-order valence-electron chi connectivity index (χ4n) is 1.98. The highest BCUT2D eigenvalue weighted by Crippen LogP contribution is 2.22. The lowest BCUT2D eigenvalue weighted by atomic mass is 10.0. The van der Waals surface area contributed by atoms with Gasteiger partial charge in [-0.1, -0.05) is 0 Å². The molecule has 1 saturated heterocycles. The molecule has 0 radical (unpaired) electrons. The van der Waals surface area contributed by atoms with Crippen molar-refractivity contribution >= 4 is 15.9 Å². The van der Waals surface area contributed by atoms with E-state index in [1.165, 1.54) is 17.3 Å². The van der Waals surface area contributed by atoms with Gasteiger partial charge in [-0.25, -0.2) is 23.2 Å². The van der Waals surface area contributed by atoms with Gasteiger partial charge in [0.05, 0.1) is 5.75 Å². The van der Waals surface area contributed by atoms with Gasteiger partial charge in [0.2, 0.25) is 15.0 Å². The summed E-state index contributed by atoms with van der Waals surface area (Å²) in [5.41, 5.74) is -0.549. The Morgan fingerprint density at radius 1 is 1.33 bits per heavy atom.